The van der Waals surface area contributed by atoms with Crippen molar-refractivity contribution in [2.75, 3.05) is 0 Å². The van der Waals surface area contributed by atoms with Gasteiger partial charge in [-0.2, -0.15) is 5.26 Å². The summed E-state index contributed by atoms with van der Waals surface area (Å²) in [6.07, 6.45) is 2.53. The molecule has 0 fully saturated rings. The molecular weight excluding hydrogens is 220 g/mol. The maximum atomic E-state index is 11.8. The van der Waals surface area contributed by atoms with Crippen LogP contribution in [0.15, 0.2) is 12.1 Å². The van der Waals surface area contributed by atoms with Gasteiger partial charge in [-0.3, -0.25) is 4.79 Å². The van der Waals surface area contributed by atoms with E-state index in [1.807, 2.05) is 19.1 Å². The number of thiophene rings is 1. The summed E-state index contributed by atoms with van der Waals surface area (Å²) in [6, 6.07) is 5.50. The van der Waals surface area contributed by atoms with Crippen molar-refractivity contribution in [3.05, 3.63) is 21.9 Å². The molecule has 0 aliphatic carbocycles. The Hall–Kier alpha value is -1.34. The van der Waals surface area contributed by atoms with Crippen LogP contribution in [0.3, 0.4) is 0 Å². The molecule has 86 valence electrons. The lowest BCUT2D eigenvalue weighted by Crippen LogP contribution is -2.33. The number of carbonyl (C=O) groups excluding carboxylic acids is 1. The lowest BCUT2D eigenvalue weighted by molar-refractivity contribution is 0.0948. The number of carbonyl (C=O) groups is 1. The van der Waals surface area contributed by atoms with Crippen molar-refractivity contribution in [2.24, 2.45) is 0 Å². The zero-order valence-corrected chi connectivity index (χ0v) is 10.4. The van der Waals surface area contributed by atoms with Gasteiger partial charge < -0.3 is 5.32 Å². The van der Waals surface area contributed by atoms with E-state index in [2.05, 4.69) is 18.3 Å². The molecule has 4 heteroatoms. The van der Waals surface area contributed by atoms with E-state index in [0.29, 0.717) is 11.3 Å². The highest BCUT2D eigenvalue weighted by molar-refractivity contribution is 7.14. The van der Waals surface area contributed by atoms with Crippen molar-refractivity contribution >= 4 is 17.2 Å². The third kappa shape index (κ3) is 3.35. The number of amides is 1. The van der Waals surface area contributed by atoms with Crippen LogP contribution in [0.1, 0.15) is 41.2 Å². The molecule has 1 rings (SSSR count). The first-order valence-corrected chi connectivity index (χ1v) is 6.32. The summed E-state index contributed by atoms with van der Waals surface area (Å²) < 4.78 is 0. The van der Waals surface area contributed by atoms with Gasteiger partial charge in [0.05, 0.1) is 10.9 Å². The SMILES string of the molecule is CCCC(C#N)NC(=O)c1ccc(CC)s1. The molecule has 1 atom stereocenters. The van der Waals surface area contributed by atoms with Gasteiger partial charge in [-0.05, 0) is 25.0 Å². The first-order chi connectivity index (χ1) is 7.71. The third-order valence-corrected chi connectivity index (χ3v) is 3.50. The number of hydrogen-bond acceptors (Lipinski definition) is 3. The van der Waals surface area contributed by atoms with Crippen molar-refractivity contribution in [3.63, 3.8) is 0 Å². The fourth-order valence-electron chi connectivity index (χ4n) is 1.38. The molecule has 0 aliphatic heterocycles. The summed E-state index contributed by atoms with van der Waals surface area (Å²) >= 11 is 1.49. The molecule has 16 heavy (non-hydrogen) atoms. The highest BCUT2D eigenvalue weighted by Gasteiger charge is 2.13. The van der Waals surface area contributed by atoms with Crippen LogP contribution in [0.25, 0.3) is 0 Å². The molecule has 1 heterocycles. The van der Waals surface area contributed by atoms with Crippen molar-refractivity contribution in [2.45, 2.75) is 39.2 Å². The van der Waals surface area contributed by atoms with Gasteiger partial charge in [-0.25, -0.2) is 0 Å². The van der Waals surface area contributed by atoms with Gasteiger partial charge in [0.15, 0.2) is 0 Å². The standard InChI is InChI=1S/C12H16N2OS/c1-3-5-9(8-13)14-12(15)11-7-6-10(4-2)16-11/h6-7,9H,3-5H2,1-2H3,(H,14,15). The van der Waals surface area contributed by atoms with E-state index in [1.165, 1.54) is 16.2 Å². The molecule has 0 saturated carbocycles. The number of nitrogens with one attached hydrogen (secondary N) is 1. The summed E-state index contributed by atoms with van der Waals surface area (Å²) in [5, 5.41) is 11.6. The number of aryl methyl sites for hydroxylation is 1. The zero-order chi connectivity index (χ0) is 12.0. The van der Waals surface area contributed by atoms with E-state index in [-0.39, 0.29) is 11.9 Å². The highest BCUT2D eigenvalue weighted by Crippen LogP contribution is 2.16. The minimum atomic E-state index is -0.371. The second-order valence-electron chi connectivity index (χ2n) is 3.56. The van der Waals surface area contributed by atoms with Crippen LogP contribution in [0, 0.1) is 11.3 Å². The van der Waals surface area contributed by atoms with Crippen LogP contribution in [0.5, 0.6) is 0 Å². The Morgan fingerprint density at radius 1 is 1.56 bits per heavy atom. The Kier molecular flexibility index (Phi) is 5.00. The quantitative estimate of drug-likeness (QED) is 0.854. The van der Waals surface area contributed by atoms with Gasteiger partial charge in [0, 0.05) is 4.88 Å². The fraction of sp³-hybridized carbons (Fsp3) is 0.500. The average Bonchev–Trinajstić information content (AvgIpc) is 2.76. The van der Waals surface area contributed by atoms with Crippen molar-refractivity contribution in [1.29, 1.82) is 5.26 Å². The Labute approximate surface area is 100 Å². The first-order valence-electron chi connectivity index (χ1n) is 5.50. The maximum absolute atomic E-state index is 11.8. The molecule has 0 bridgehead atoms. The predicted molar refractivity (Wildman–Crippen MR) is 65.5 cm³/mol. The maximum Gasteiger partial charge on any atom is 0.262 e. The van der Waals surface area contributed by atoms with Crippen LogP contribution >= 0.6 is 11.3 Å². The fourth-order valence-corrected chi connectivity index (χ4v) is 2.23. The van der Waals surface area contributed by atoms with E-state index in [1.54, 1.807) is 0 Å². The molecule has 0 spiro atoms. The molecular formula is C12H16N2OS. The summed E-state index contributed by atoms with van der Waals surface area (Å²) in [5.74, 6) is -0.135. The molecule has 1 aromatic heterocycles. The zero-order valence-electron chi connectivity index (χ0n) is 9.62. The van der Waals surface area contributed by atoms with Crippen molar-refractivity contribution < 1.29 is 4.79 Å². The van der Waals surface area contributed by atoms with Crippen LogP contribution in [0.2, 0.25) is 0 Å². The number of nitrogens with zero attached hydrogens (tertiary/aromatic N) is 1. The molecule has 1 unspecified atom stereocenters. The average molecular weight is 236 g/mol. The summed E-state index contributed by atoms with van der Waals surface area (Å²) in [4.78, 5) is 13.6. The van der Waals surface area contributed by atoms with Gasteiger partial charge in [0.1, 0.15) is 6.04 Å². The predicted octanol–water partition coefficient (Wildman–Crippen LogP) is 2.73. The molecule has 0 aromatic carbocycles. The summed E-state index contributed by atoms with van der Waals surface area (Å²) in [7, 11) is 0. The summed E-state index contributed by atoms with van der Waals surface area (Å²) in [6.45, 7) is 4.06. The number of hydrogen-bond donors (Lipinski definition) is 1. The van der Waals surface area contributed by atoms with E-state index in [9.17, 15) is 4.79 Å². The molecule has 0 radical (unpaired) electrons. The van der Waals surface area contributed by atoms with Gasteiger partial charge in [-0.15, -0.1) is 11.3 Å². The van der Waals surface area contributed by atoms with Crippen LogP contribution < -0.4 is 5.32 Å². The Balaban J connectivity index is 2.61. The van der Waals surface area contributed by atoms with E-state index in [4.69, 9.17) is 5.26 Å². The van der Waals surface area contributed by atoms with Crippen LogP contribution in [-0.4, -0.2) is 11.9 Å². The van der Waals surface area contributed by atoms with E-state index in [0.717, 1.165) is 12.8 Å². The Bertz CT molecular complexity index is 392. The largest absolute Gasteiger partial charge is 0.336 e. The molecule has 1 aromatic rings. The second-order valence-corrected chi connectivity index (χ2v) is 4.73. The molecule has 1 N–H and O–H groups in total. The normalized spacial score (nSPS) is 11.8. The van der Waals surface area contributed by atoms with Crippen molar-refractivity contribution in [3.8, 4) is 6.07 Å². The van der Waals surface area contributed by atoms with E-state index >= 15 is 0 Å². The minimum absolute atomic E-state index is 0.135. The van der Waals surface area contributed by atoms with E-state index < -0.39 is 0 Å². The van der Waals surface area contributed by atoms with Crippen molar-refractivity contribution in [1.82, 2.24) is 5.32 Å². The topological polar surface area (TPSA) is 52.9 Å². The van der Waals surface area contributed by atoms with Gasteiger partial charge in [-0.1, -0.05) is 20.3 Å². The third-order valence-electron chi connectivity index (χ3n) is 2.27. The lowest BCUT2D eigenvalue weighted by Gasteiger charge is -2.08. The minimum Gasteiger partial charge on any atom is -0.336 e. The molecule has 1 amide bonds. The Morgan fingerprint density at radius 3 is 2.81 bits per heavy atom. The summed E-state index contributed by atoms with van der Waals surface area (Å²) in [5.41, 5.74) is 0. The van der Waals surface area contributed by atoms with Crippen LogP contribution in [0.4, 0.5) is 0 Å². The van der Waals surface area contributed by atoms with Gasteiger partial charge >= 0.3 is 0 Å². The number of nitriles is 1. The first kappa shape index (κ1) is 12.7. The monoisotopic (exact) mass is 236 g/mol. The highest BCUT2D eigenvalue weighted by atomic mass is 32.1. The van der Waals surface area contributed by atoms with Gasteiger partial charge in [0.25, 0.3) is 5.91 Å². The molecule has 3 nitrogen and oxygen atoms in total. The smallest absolute Gasteiger partial charge is 0.262 e. The second kappa shape index (κ2) is 6.29. The molecule has 0 aliphatic rings. The Morgan fingerprint density at radius 2 is 2.31 bits per heavy atom. The number of rotatable bonds is 5. The lowest BCUT2D eigenvalue weighted by atomic mass is 10.2. The van der Waals surface area contributed by atoms with Gasteiger partial charge in [0.2, 0.25) is 0 Å². The molecule has 0 saturated heterocycles. The van der Waals surface area contributed by atoms with Crippen LogP contribution in [-0.2, 0) is 6.42 Å².